The van der Waals surface area contributed by atoms with Crippen LogP contribution in [0, 0.1) is 6.92 Å². The monoisotopic (exact) mass is 340 g/mol. The van der Waals surface area contributed by atoms with E-state index in [9.17, 15) is 9.90 Å². The number of carbonyl (C=O) groups excluding carboxylic acids is 1. The maximum absolute atomic E-state index is 12.3. The number of para-hydroxylation sites is 1. The molecule has 1 atom stereocenters. The molecule has 0 radical (unpaired) electrons. The van der Waals surface area contributed by atoms with Crippen LogP contribution in [0.1, 0.15) is 30.9 Å². The van der Waals surface area contributed by atoms with Crippen LogP contribution in [0.2, 0.25) is 0 Å². The van der Waals surface area contributed by atoms with Gasteiger partial charge in [0.1, 0.15) is 0 Å². The first-order chi connectivity index (χ1) is 12.1. The molecule has 0 heterocycles. The number of carbonyl (C=O) groups is 1. The molecular weight excluding hydrogens is 312 g/mol. The summed E-state index contributed by atoms with van der Waals surface area (Å²) in [5.74, 6) is 0.0172. The molecule has 2 rings (SSSR count). The van der Waals surface area contributed by atoms with Crippen LogP contribution in [0.3, 0.4) is 0 Å². The van der Waals surface area contributed by atoms with Crippen LogP contribution in [0.15, 0.2) is 54.6 Å². The van der Waals surface area contributed by atoms with Gasteiger partial charge in [-0.15, -0.1) is 0 Å². The maximum Gasteiger partial charge on any atom is 0.225 e. The van der Waals surface area contributed by atoms with E-state index in [1.165, 1.54) is 5.56 Å². The van der Waals surface area contributed by atoms with Crippen molar-refractivity contribution in [3.05, 3.63) is 65.7 Å². The van der Waals surface area contributed by atoms with Gasteiger partial charge in [0.25, 0.3) is 0 Å². The van der Waals surface area contributed by atoms with E-state index in [4.69, 9.17) is 0 Å². The van der Waals surface area contributed by atoms with Crippen molar-refractivity contribution in [3.8, 4) is 0 Å². The van der Waals surface area contributed by atoms with Gasteiger partial charge in [0, 0.05) is 37.8 Å². The molecule has 0 saturated carbocycles. The number of anilines is 1. The van der Waals surface area contributed by atoms with E-state index >= 15 is 0 Å². The summed E-state index contributed by atoms with van der Waals surface area (Å²) in [6, 6.07) is 18.2. The van der Waals surface area contributed by atoms with E-state index in [2.05, 4.69) is 29.3 Å². The number of benzene rings is 2. The molecular formula is C21H28N2O2. The second-order valence-electron chi connectivity index (χ2n) is 6.43. The second-order valence-corrected chi connectivity index (χ2v) is 6.43. The standard InChI is InChI=1S/C21H28N2O2/c1-17-8-6-7-11-20(17)22-21(25)12-14-23(18(2)13-15-24)16-19-9-4-3-5-10-19/h3-11,18,24H,12-16H2,1-2H3,(H,22,25). The molecule has 0 fully saturated rings. The highest BCUT2D eigenvalue weighted by Gasteiger charge is 2.15. The first-order valence-electron chi connectivity index (χ1n) is 8.84. The Morgan fingerprint density at radius 3 is 2.48 bits per heavy atom. The highest BCUT2D eigenvalue weighted by atomic mass is 16.3. The van der Waals surface area contributed by atoms with Gasteiger partial charge in [-0.3, -0.25) is 9.69 Å². The van der Waals surface area contributed by atoms with Crippen LogP contribution in [-0.4, -0.2) is 35.1 Å². The predicted octanol–water partition coefficient (Wildman–Crippen LogP) is 3.60. The molecule has 0 aromatic heterocycles. The minimum absolute atomic E-state index is 0.0172. The number of amides is 1. The maximum atomic E-state index is 12.3. The van der Waals surface area contributed by atoms with Crippen LogP contribution in [0.5, 0.6) is 0 Å². The number of rotatable bonds is 9. The molecule has 2 N–H and O–H groups in total. The number of hydrogen-bond acceptors (Lipinski definition) is 3. The smallest absolute Gasteiger partial charge is 0.225 e. The van der Waals surface area contributed by atoms with Crippen molar-refractivity contribution in [2.45, 2.75) is 39.3 Å². The first-order valence-corrected chi connectivity index (χ1v) is 8.84. The lowest BCUT2D eigenvalue weighted by atomic mass is 10.1. The quantitative estimate of drug-likeness (QED) is 0.733. The average molecular weight is 340 g/mol. The third kappa shape index (κ3) is 6.33. The van der Waals surface area contributed by atoms with Crippen LogP contribution in [0.25, 0.3) is 0 Å². The zero-order valence-corrected chi connectivity index (χ0v) is 15.1. The summed E-state index contributed by atoms with van der Waals surface area (Å²) in [5, 5.41) is 12.2. The molecule has 25 heavy (non-hydrogen) atoms. The summed E-state index contributed by atoms with van der Waals surface area (Å²) in [4.78, 5) is 14.6. The zero-order valence-electron chi connectivity index (χ0n) is 15.1. The molecule has 1 unspecified atom stereocenters. The number of nitrogens with zero attached hydrogens (tertiary/aromatic N) is 1. The fourth-order valence-electron chi connectivity index (χ4n) is 2.81. The van der Waals surface area contributed by atoms with E-state index < -0.39 is 0 Å². The van der Waals surface area contributed by atoms with Crippen LogP contribution < -0.4 is 5.32 Å². The van der Waals surface area contributed by atoms with E-state index in [0.29, 0.717) is 19.4 Å². The third-order valence-electron chi connectivity index (χ3n) is 4.44. The van der Waals surface area contributed by atoms with Gasteiger partial charge in [0.2, 0.25) is 5.91 Å². The summed E-state index contributed by atoms with van der Waals surface area (Å²) in [7, 11) is 0. The van der Waals surface area contributed by atoms with E-state index in [-0.39, 0.29) is 18.6 Å². The van der Waals surface area contributed by atoms with Gasteiger partial charge in [0.05, 0.1) is 0 Å². The fraction of sp³-hybridized carbons (Fsp3) is 0.381. The average Bonchev–Trinajstić information content (AvgIpc) is 2.61. The number of aryl methyl sites for hydroxylation is 1. The molecule has 2 aromatic rings. The van der Waals surface area contributed by atoms with Crippen LogP contribution >= 0.6 is 0 Å². The highest BCUT2D eigenvalue weighted by molar-refractivity contribution is 5.91. The Morgan fingerprint density at radius 1 is 1.12 bits per heavy atom. The Kier molecular flexibility index (Phi) is 7.64. The van der Waals surface area contributed by atoms with Crippen molar-refractivity contribution in [3.63, 3.8) is 0 Å². The van der Waals surface area contributed by atoms with E-state index in [0.717, 1.165) is 17.8 Å². The minimum Gasteiger partial charge on any atom is -0.396 e. The van der Waals surface area contributed by atoms with Crippen molar-refractivity contribution >= 4 is 11.6 Å². The number of aliphatic hydroxyl groups is 1. The number of hydrogen-bond donors (Lipinski definition) is 2. The predicted molar refractivity (Wildman–Crippen MR) is 102 cm³/mol. The Morgan fingerprint density at radius 2 is 1.80 bits per heavy atom. The van der Waals surface area contributed by atoms with Crippen LogP contribution in [0.4, 0.5) is 5.69 Å². The first kappa shape index (κ1) is 19.2. The summed E-state index contributed by atoms with van der Waals surface area (Å²) >= 11 is 0. The molecule has 0 saturated heterocycles. The van der Waals surface area contributed by atoms with Gasteiger partial charge < -0.3 is 10.4 Å². The lowest BCUT2D eigenvalue weighted by molar-refractivity contribution is -0.116. The Hall–Kier alpha value is -2.17. The molecule has 4 heteroatoms. The van der Waals surface area contributed by atoms with E-state index in [1.807, 2.05) is 49.4 Å². The van der Waals surface area contributed by atoms with Crippen molar-refractivity contribution in [1.29, 1.82) is 0 Å². The summed E-state index contributed by atoms with van der Waals surface area (Å²) in [5.41, 5.74) is 3.14. The Bertz CT molecular complexity index is 658. The molecule has 0 aliphatic carbocycles. The lowest BCUT2D eigenvalue weighted by Crippen LogP contribution is -2.35. The van der Waals surface area contributed by atoms with Crippen molar-refractivity contribution < 1.29 is 9.90 Å². The molecule has 0 aliphatic heterocycles. The highest BCUT2D eigenvalue weighted by Crippen LogP contribution is 2.15. The van der Waals surface area contributed by atoms with Crippen molar-refractivity contribution in [2.75, 3.05) is 18.5 Å². The Balaban J connectivity index is 1.94. The van der Waals surface area contributed by atoms with Gasteiger partial charge in [0.15, 0.2) is 0 Å². The SMILES string of the molecule is Cc1ccccc1NC(=O)CCN(Cc1ccccc1)C(C)CCO. The van der Waals surface area contributed by atoms with Gasteiger partial charge in [-0.2, -0.15) is 0 Å². The molecule has 134 valence electrons. The molecule has 2 aromatic carbocycles. The summed E-state index contributed by atoms with van der Waals surface area (Å²) < 4.78 is 0. The van der Waals surface area contributed by atoms with Crippen molar-refractivity contribution in [1.82, 2.24) is 4.90 Å². The Labute approximate surface area is 150 Å². The largest absolute Gasteiger partial charge is 0.396 e. The van der Waals surface area contributed by atoms with E-state index in [1.54, 1.807) is 0 Å². The van der Waals surface area contributed by atoms with Gasteiger partial charge >= 0.3 is 0 Å². The molecule has 0 bridgehead atoms. The molecule has 0 spiro atoms. The second kappa shape index (κ2) is 9.97. The van der Waals surface area contributed by atoms with Gasteiger partial charge in [-0.05, 0) is 37.5 Å². The van der Waals surface area contributed by atoms with Gasteiger partial charge in [-0.1, -0.05) is 48.5 Å². The molecule has 4 nitrogen and oxygen atoms in total. The van der Waals surface area contributed by atoms with Gasteiger partial charge in [-0.25, -0.2) is 0 Å². The summed E-state index contributed by atoms with van der Waals surface area (Å²) in [6.07, 6.45) is 1.13. The lowest BCUT2D eigenvalue weighted by Gasteiger charge is -2.28. The third-order valence-corrected chi connectivity index (χ3v) is 4.44. The van der Waals surface area contributed by atoms with Crippen molar-refractivity contribution in [2.24, 2.45) is 0 Å². The van der Waals surface area contributed by atoms with Crippen LogP contribution in [-0.2, 0) is 11.3 Å². The fourth-order valence-corrected chi connectivity index (χ4v) is 2.81. The summed E-state index contributed by atoms with van der Waals surface area (Å²) in [6.45, 7) is 5.67. The molecule has 0 aliphatic rings. The minimum atomic E-state index is 0.0172. The number of aliphatic hydroxyl groups excluding tert-OH is 1. The number of nitrogens with one attached hydrogen (secondary N) is 1. The zero-order chi connectivity index (χ0) is 18.1. The normalized spacial score (nSPS) is 12.2. The molecule has 1 amide bonds. The topological polar surface area (TPSA) is 52.6 Å².